The topological polar surface area (TPSA) is 143 Å². The Morgan fingerprint density at radius 2 is 1.67 bits per heavy atom. The van der Waals surface area contributed by atoms with Gasteiger partial charge in [-0.1, -0.05) is 0 Å². The van der Waals surface area contributed by atoms with Crippen molar-refractivity contribution < 1.29 is 9.59 Å². The molecule has 0 bridgehead atoms. The molecule has 1 aromatic heterocycles. The molecular weight excluding hydrogens is 460 g/mol. The number of hydrogen-bond donors (Lipinski definition) is 3. The molecule has 1 aromatic rings. The van der Waals surface area contributed by atoms with Crippen LogP contribution in [0.3, 0.4) is 0 Å². The summed E-state index contributed by atoms with van der Waals surface area (Å²) in [5.74, 6) is 2.26. The van der Waals surface area contributed by atoms with Crippen LogP contribution < -0.4 is 22.5 Å². The molecule has 0 spiro atoms. The largest absolute Gasteiger partial charge is 0.349 e. The van der Waals surface area contributed by atoms with Crippen molar-refractivity contribution in [1.29, 1.82) is 0 Å². The van der Waals surface area contributed by atoms with Crippen LogP contribution in [0.2, 0.25) is 0 Å². The lowest BCUT2D eigenvalue weighted by Crippen LogP contribution is -2.58. The van der Waals surface area contributed by atoms with E-state index >= 15 is 0 Å². The number of urea groups is 1. The quantitative estimate of drug-likeness (QED) is 0.527. The molecule has 198 valence electrons. The predicted molar refractivity (Wildman–Crippen MR) is 136 cm³/mol. The molecule has 1 unspecified atom stereocenters. The average Bonchev–Trinajstić information content (AvgIpc) is 3.23. The summed E-state index contributed by atoms with van der Waals surface area (Å²) < 4.78 is 1.72. The molecule has 2 saturated heterocycles. The van der Waals surface area contributed by atoms with Gasteiger partial charge in [-0.3, -0.25) is 14.7 Å². The van der Waals surface area contributed by atoms with Crippen LogP contribution in [0.1, 0.15) is 45.6 Å². The lowest BCUT2D eigenvalue weighted by atomic mass is 9.85. The SMILES string of the molecule is CC(C)(N)C(=O)N1CCN(C(=O)Nc2ccn(C3CCC(CN4CC5[C@@H](N)[C@@H]5C4)CC3)c(=O)n2)CC1. The minimum Gasteiger partial charge on any atom is -0.338 e. The minimum absolute atomic E-state index is 0.126. The molecule has 3 atom stereocenters. The number of carbonyl (C=O) groups is 2. The van der Waals surface area contributed by atoms with E-state index in [1.807, 2.05) is 0 Å². The first-order valence-electron chi connectivity index (χ1n) is 13.3. The van der Waals surface area contributed by atoms with Crippen LogP contribution in [0.25, 0.3) is 0 Å². The Hall–Kier alpha value is -2.50. The Balaban J connectivity index is 1.08. The van der Waals surface area contributed by atoms with Gasteiger partial charge in [0.25, 0.3) is 0 Å². The van der Waals surface area contributed by atoms with Crippen molar-refractivity contribution in [1.82, 2.24) is 24.3 Å². The Kier molecular flexibility index (Phi) is 6.82. The number of piperidine rings is 1. The van der Waals surface area contributed by atoms with Gasteiger partial charge in [0.05, 0.1) is 5.54 Å². The van der Waals surface area contributed by atoms with E-state index in [2.05, 4.69) is 15.2 Å². The fraction of sp³-hybridized carbons (Fsp3) is 0.760. The van der Waals surface area contributed by atoms with Gasteiger partial charge in [0.2, 0.25) is 5.91 Å². The number of nitrogens with one attached hydrogen (secondary N) is 1. The highest BCUT2D eigenvalue weighted by atomic mass is 16.2. The van der Waals surface area contributed by atoms with Crippen molar-refractivity contribution in [2.45, 2.75) is 57.2 Å². The van der Waals surface area contributed by atoms with E-state index < -0.39 is 5.54 Å². The third-order valence-corrected chi connectivity index (χ3v) is 8.53. The van der Waals surface area contributed by atoms with Gasteiger partial charge in [-0.15, -0.1) is 0 Å². The van der Waals surface area contributed by atoms with Crippen LogP contribution in [-0.2, 0) is 4.79 Å². The third-order valence-electron chi connectivity index (χ3n) is 8.53. The lowest BCUT2D eigenvalue weighted by Gasteiger charge is -2.37. The van der Waals surface area contributed by atoms with Crippen molar-refractivity contribution in [3.63, 3.8) is 0 Å². The second-order valence-electron chi connectivity index (χ2n) is 11.7. The highest BCUT2D eigenvalue weighted by Crippen LogP contribution is 2.44. The smallest absolute Gasteiger partial charge is 0.338 e. The summed E-state index contributed by atoms with van der Waals surface area (Å²) in [6, 6.07) is 1.97. The number of rotatable bonds is 5. The normalized spacial score (nSPS) is 30.7. The first-order chi connectivity index (χ1) is 17.1. The standard InChI is InChI=1S/C25H40N8O3/c1-25(2,27)22(34)31-9-11-32(12-10-31)23(35)28-20-7-8-33(24(36)29-20)17-5-3-16(4-6-17)13-30-14-18-19(15-30)21(18)26/h7-8,16-19,21H,3-6,9-15,26-27H2,1-2H3,(H,28,29,35,36)/t16?,17?,18-,19?,21+/m1/s1. The summed E-state index contributed by atoms with van der Waals surface area (Å²) in [6.07, 6.45) is 5.93. The first-order valence-corrected chi connectivity index (χ1v) is 13.3. The van der Waals surface area contributed by atoms with Gasteiger partial charge >= 0.3 is 11.7 Å². The van der Waals surface area contributed by atoms with E-state index in [9.17, 15) is 14.4 Å². The Morgan fingerprint density at radius 1 is 1.06 bits per heavy atom. The lowest BCUT2D eigenvalue weighted by molar-refractivity contribution is -0.137. The highest BCUT2D eigenvalue weighted by Gasteiger charge is 2.53. The van der Waals surface area contributed by atoms with Gasteiger partial charge in [0.1, 0.15) is 5.82 Å². The first kappa shape index (κ1) is 25.2. The third kappa shape index (κ3) is 5.28. The molecule has 3 heterocycles. The molecule has 4 aliphatic rings. The molecule has 36 heavy (non-hydrogen) atoms. The maximum atomic E-state index is 12.8. The fourth-order valence-electron chi connectivity index (χ4n) is 6.25. The zero-order valence-corrected chi connectivity index (χ0v) is 21.4. The number of carbonyl (C=O) groups excluding carboxylic acids is 2. The van der Waals surface area contributed by atoms with Crippen molar-refractivity contribution in [3.8, 4) is 0 Å². The van der Waals surface area contributed by atoms with Crippen molar-refractivity contribution in [2.75, 3.05) is 51.1 Å². The zero-order chi connectivity index (χ0) is 25.6. The Labute approximate surface area is 212 Å². The highest BCUT2D eigenvalue weighted by molar-refractivity contribution is 5.89. The fourth-order valence-corrected chi connectivity index (χ4v) is 6.25. The van der Waals surface area contributed by atoms with E-state index in [4.69, 9.17) is 11.5 Å². The van der Waals surface area contributed by atoms with Crippen LogP contribution in [0, 0.1) is 17.8 Å². The van der Waals surface area contributed by atoms with Crippen molar-refractivity contribution in [3.05, 3.63) is 22.7 Å². The molecule has 2 aliphatic carbocycles. The predicted octanol–water partition coefficient (Wildman–Crippen LogP) is 0.277. The maximum Gasteiger partial charge on any atom is 0.349 e. The van der Waals surface area contributed by atoms with Crippen LogP contribution in [0.4, 0.5) is 10.6 Å². The molecule has 2 aliphatic heterocycles. The van der Waals surface area contributed by atoms with Crippen LogP contribution in [-0.4, -0.2) is 93.6 Å². The number of amides is 3. The summed E-state index contributed by atoms with van der Waals surface area (Å²) >= 11 is 0. The van der Waals surface area contributed by atoms with Crippen LogP contribution in [0.5, 0.6) is 0 Å². The molecule has 2 saturated carbocycles. The summed E-state index contributed by atoms with van der Waals surface area (Å²) in [5, 5.41) is 2.73. The van der Waals surface area contributed by atoms with Crippen molar-refractivity contribution in [2.24, 2.45) is 29.2 Å². The molecule has 4 fully saturated rings. The summed E-state index contributed by atoms with van der Waals surface area (Å²) in [7, 11) is 0. The van der Waals surface area contributed by atoms with Gasteiger partial charge < -0.3 is 26.2 Å². The van der Waals surface area contributed by atoms with Gasteiger partial charge in [-0.25, -0.2) is 9.59 Å². The summed E-state index contributed by atoms with van der Waals surface area (Å²) in [6.45, 7) is 8.48. The van der Waals surface area contributed by atoms with Crippen LogP contribution >= 0.6 is 0 Å². The van der Waals surface area contributed by atoms with Gasteiger partial charge in [0, 0.05) is 64.1 Å². The Bertz CT molecular complexity index is 1020. The summed E-state index contributed by atoms with van der Waals surface area (Å²) in [4.78, 5) is 47.8. The number of nitrogens with zero attached hydrogens (tertiary/aromatic N) is 5. The van der Waals surface area contributed by atoms with Crippen LogP contribution in [0.15, 0.2) is 17.1 Å². The number of fused-ring (bicyclic) bond motifs is 1. The second-order valence-corrected chi connectivity index (χ2v) is 11.7. The van der Waals surface area contributed by atoms with E-state index in [1.165, 1.54) is 0 Å². The molecule has 11 nitrogen and oxygen atoms in total. The zero-order valence-electron chi connectivity index (χ0n) is 21.4. The van der Waals surface area contributed by atoms with E-state index in [1.54, 1.807) is 40.5 Å². The molecule has 5 N–H and O–H groups in total. The monoisotopic (exact) mass is 500 g/mol. The molecule has 3 amide bonds. The number of aromatic nitrogens is 2. The molecule has 11 heteroatoms. The van der Waals surface area contributed by atoms with Crippen molar-refractivity contribution >= 4 is 17.8 Å². The number of anilines is 1. The number of likely N-dealkylation sites (tertiary alicyclic amines) is 1. The molecule has 5 rings (SSSR count). The minimum atomic E-state index is -0.930. The van der Waals surface area contributed by atoms with E-state index in [0.717, 1.165) is 57.2 Å². The van der Waals surface area contributed by atoms with E-state index in [0.29, 0.717) is 38.1 Å². The molecule has 0 aromatic carbocycles. The van der Waals surface area contributed by atoms with Gasteiger partial charge in [-0.2, -0.15) is 4.98 Å². The average molecular weight is 501 g/mol. The summed E-state index contributed by atoms with van der Waals surface area (Å²) in [5.41, 5.74) is 10.7. The molecular formula is C25H40N8O3. The maximum absolute atomic E-state index is 12.8. The Morgan fingerprint density at radius 3 is 2.25 bits per heavy atom. The number of nitrogens with two attached hydrogens (primary N) is 2. The van der Waals surface area contributed by atoms with E-state index in [-0.39, 0.29) is 29.5 Å². The number of hydrogen-bond acceptors (Lipinski definition) is 7. The molecule has 0 radical (unpaired) electrons. The van der Waals surface area contributed by atoms with Gasteiger partial charge in [-0.05, 0) is 63.4 Å². The number of piperazine rings is 1. The second kappa shape index (κ2) is 9.75. The van der Waals surface area contributed by atoms with Gasteiger partial charge in [0.15, 0.2) is 0 Å².